The monoisotopic (exact) mass is 816 g/mol. The van der Waals surface area contributed by atoms with E-state index in [0.717, 1.165) is 60.8 Å². The molecule has 4 aliphatic rings. The van der Waals surface area contributed by atoms with E-state index in [4.69, 9.17) is 9.47 Å². The van der Waals surface area contributed by atoms with Crippen molar-refractivity contribution in [1.29, 1.82) is 0 Å². The van der Waals surface area contributed by atoms with Crippen LogP contribution in [0.15, 0.2) is 36.4 Å². The van der Waals surface area contributed by atoms with Gasteiger partial charge in [0, 0.05) is 24.2 Å². The maximum Gasteiger partial charge on any atom is 0.407 e. The number of hydrogen-bond donors (Lipinski definition) is 2. The molecular formula is C43H52N4O12. The van der Waals surface area contributed by atoms with Crippen LogP contribution in [0.4, 0.5) is 9.59 Å². The number of nitrogens with zero attached hydrogens (tertiary/aromatic N) is 2. The Bertz CT molecular complexity index is 1990. The van der Waals surface area contributed by atoms with Crippen LogP contribution in [0.2, 0.25) is 0 Å². The lowest BCUT2D eigenvalue weighted by molar-refractivity contribution is -0.153. The zero-order valence-corrected chi connectivity index (χ0v) is 34.0. The molecule has 1 spiro atoms. The summed E-state index contributed by atoms with van der Waals surface area (Å²) in [4.78, 5) is 105. The lowest BCUT2D eigenvalue weighted by Crippen LogP contribution is -2.50. The summed E-state index contributed by atoms with van der Waals surface area (Å²) in [7, 11) is 2.38. The number of alkyl carbamates (subject to hydrolysis) is 2. The van der Waals surface area contributed by atoms with Crippen LogP contribution in [-0.4, -0.2) is 122 Å². The molecule has 2 aliphatic heterocycles. The van der Waals surface area contributed by atoms with Crippen molar-refractivity contribution in [3.63, 3.8) is 0 Å². The number of likely N-dealkylation sites (tertiary alicyclic amines) is 2. The number of methoxy groups -OCH3 is 2. The highest BCUT2D eigenvalue weighted by Gasteiger charge is 2.43. The average molecular weight is 817 g/mol. The summed E-state index contributed by atoms with van der Waals surface area (Å²) in [5.74, 6) is -3.00. The van der Waals surface area contributed by atoms with Gasteiger partial charge in [-0.3, -0.25) is 19.2 Å². The largest absolute Gasteiger partial charge is 0.456 e. The lowest BCUT2D eigenvalue weighted by atomic mass is 9.82. The quantitative estimate of drug-likeness (QED) is 0.168. The Morgan fingerprint density at radius 2 is 1.15 bits per heavy atom. The van der Waals surface area contributed by atoms with E-state index in [1.807, 2.05) is 18.2 Å². The van der Waals surface area contributed by atoms with E-state index in [9.17, 15) is 38.4 Å². The molecule has 2 N–H and O–H groups in total. The summed E-state index contributed by atoms with van der Waals surface area (Å²) < 4.78 is 20.1. The Morgan fingerprint density at radius 3 is 1.66 bits per heavy atom. The van der Waals surface area contributed by atoms with Crippen molar-refractivity contribution >= 4 is 47.5 Å². The van der Waals surface area contributed by atoms with E-state index in [-0.39, 0.29) is 11.2 Å². The summed E-state index contributed by atoms with van der Waals surface area (Å²) in [5.41, 5.74) is 4.67. The fraction of sp³-hybridized carbons (Fsp3) is 0.535. The molecule has 6 rings (SSSR count). The molecule has 59 heavy (non-hydrogen) atoms. The first-order chi connectivity index (χ1) is 28.3. The van der Waals surface area contributed by atoms with Crippen LogP contribution < -0.4 is 10.6 Å². The van der Waals surface area contributed by atoms with E-state index < -0.39 is 79.1 Å². The van der Waals surface area contributed by atoms with Crippen LogP contribution in [-0.2, 0) is 51.0 Å². The number of fused-ring (bicyclic) bond motifs is 1. The van der Waals surface area contributed by atoms with Crippen molar-refractivity contribution in [2.45, 2.75) is 102 Å². The highest BCUT2D eigenvalue weighted by Crippen LogP contribution is 2.51. The first-order valence-corrected chi connectivity index (χ1v) is 20.2. The minimum absolute atomic E-state index is 0.0406. The van der Waals surface area contributed by atoms with Gasteiger partial charge in [0.15, 0.2) is 19.0 Å². The fourth-order valence-corrected chi connectivity index (χ4v) is 9.03. The number of benzene rings is 2. The number of carbonyl (C=O) groups is 8. The average Bonchev–Trinajstić information content (AvgIpc) is 4.08. The molecule has 2 heterocycles. The van der Waals surface area contributed by atoms with Gasteiger partial charge in [-0.1, -0.05) is 49.2 Å². The number of Topliss-reactive ketones (excluding diaryl/α,β-unsaturated/α-hetero) is 2. The van der Waals surface area contributed by atoms with Gasteiger partial charge in [0.1, 0.15) is 24.2 Å². The van der Waals surface area contributed by atoms with Gasteiger partial charge >= 0.3 is 24.1 Å². The minimum atomic E-state index is -0.912. The Balaban J connectivity index is 1.10. The van der Waals surface area contributed by atoms with E-state index in [1.165, 1.54) is 37.9 Å². The Labute approximate surface area is 342 Å². The second-order valence-corrected chi connectivity index (χ2v) is 15.9. The van der Waals surface area contributed by atoms with Gasteiger partial charge < -0.3 is 39.4 Å². The van der Waals surface area contributed by atoms with Crippen LogP contribution in [0.1, 0.15) is 97.1 Å². The number of esters is 2. The number of ether oxygens (including phenoxy) is 4. The smallest absolute Gasteiger partial charge is 0.407 e. The standard InChI is InChI=1S/C43H52N4O12/c1-25(44-41(54)56-3)37(50)46-19-7-9-33(46)39(52)58-23-35(48)28-13-11-27(12-14-28)29-15-16-30(32-22-43(21-31(29)32)17-5-6-18-43)36(49)24-59-40(53)34-10-8-20-47(34)38(51)26(2)45-42(55)57-4/h11-16,25-26,33-34H,5-10,17-24H2,1-4H3,(H,44,54)(H,45,55)/t25-,26+,33?,34?/m1/s1. The van der Waals surface area contributed by atoms with Crippen LogP contribution in [0.5, 0.6) is 0 Å². The van der Waals surface area contributed by atoms with E-state index in [0.29, 0.717) is 49.9 Å². The number of hydrogen-bond acceptors (Lipinski definition) is 12. The van der Waals surface area contributed by atoms with E-state index in [2.05, 4.69) is 20.1 Å². The molecule has 16 heteroatoms. The van der Waals surface area contributed by atoms with Crippen molar-refractivity contribution < 1.29 is 57.3 Å². The van der Waals surface area contributed by atoms with Crippen molar-refractivity contribution in [3.8, 4) is 11.1 Å². The second kappa shape index (κ2) is 18.4. The maximum atomic E-state index is 13.8. The molecule has 2 aromatic carbocycles. The van der Waals surface area contributed by atoms with Gasteiger partial charge in [-0.05, 0) is 92.9 Å². The summed E-state index contributed by atoms with van der Waals surface area (Å²) in [6.07, 6.45) is 6.20. The highest BCUT2D eigenvalue weighted by molar-refractivity contribution is 6.02. The third kappa shape index (κ3) is 9.42. The molecule has 1 saturated carbocycles. The SMILES string of the molecule is COC(=O)N[C@@H](C)C(=O)N1CCCC1C(=O)OCC(=O)c1ccc(-c2ccc(C(=O)COC(=O)C3CCCN3C(=O)[C@@H](C)NC(=O)OC)cc2)c2c1CC1(CCCC1)C2. The molecule has 316 valence electrons. The lowest BCUT2D eigenvalue weighted by Gasteiger charge is -2.26. The molecule has 2 saturated heterocycles. The first kappa shape index (κ1) is 42.8. The number of ketones is 2. The molecule has 2 unspecified atom stereocenters. The van der Waals surface area contributed by atoms with Gasteiger partial charge in [-0.2, -0.15) is 0 Å². The Morgan fingerprint density at radius 1 is 0.661 bits per heavy atom. The molecule has 4 amide bonds. The molecular weight excluding hydrogens is 764 g/mol. The van der Waals surface area contributed by atoms with Gasteiger partial charge in [0.25, 0.3) is 0 Å². The van der Waals surface area contributed by atoms with Crippen LogP contribution in [0.3, 0.4) is 0 Å². The van der Waals surface area contributed by atoms with Gasteiger partial charge in [0.05, 0.1) is 14.2 Å². The predicted molar refractivity (Wildman–Crippen MR) is 210 cm³/mol. The summed E-state index contributed by atoms with van der Waals surface area (Å²) >= 11 is 0. The zero-order valence-electron chi connectivity index (χ0n) is 34.0. The second-order valence-electron chi connectivity index (χ2n) is 15.9. The molecule has 4 atom stereocenters. The van der Waals surface area contributed by atoms with E-state index in [1.54, 1.807) is 18.2 Å². The minimum Gasteiger partial charge on any atom is -0.456 e. The highest BCUT2D eigenvalue weighted by atomic mass is 16.6. The number of nitrogens with one attached hydrogen (secondary N) is 2. The molecule has 0 radical (unpaired) electrons. The third-order valence-corrected chi connectivity index (χ3v) is 12.1. The predicted octanol–water partition coefficient (Wildman–Crippen LogP) is 3.94. The van der Waals surface area contributed by atoms with Crippen molar-refractivity contribution in [3.05, 3.63) is 58.7 Å². The molecule has 0 aromatic heterocycles. The Kier molecular flexibility index (Phi) is 13.4. The van der Waals surface area contributed by atoms with Crippen LogP contribution in [0, 0.1) is 5.41 Å². The van der Waals surface area contributed by atoms with Crippen LogP contribution >= 0.6 is 0 Å². The van der Waals surface area contributed by atoms with Crippen molar-refractivity contribution in [1.82, 2.24) is 20.4 Å². The number of rotatable bonds is 13. The molecule has 16 nitrogen and oxygen atoms in total. The fourth-order valence-electron chi connectivity index (χ4n) is 9.03. The molecule has 3 fully saturated rings. The van der Waals surface area contributed by atoms with Gasteiger partial charge in [-0.25, -0.2) is 19.2 Å². The first-order valence-electron chi connectivity index (χ1n) is 20.2. The molecule has 2 aromatic rings. The topological polar surface area (TPSA) is 204 Å². The zero-order chi connectivity index (χ0) is 42.4. The number of carbonyl (C=O) groups excluding carboxylic acids is 8. The summed E-state index contributed by atoms with van der Waals surface area (Å²) in [6.45, 7) is 2.66. The summed E-state index contributed by atoms with van der Waals surface area (Å²) in [6, 6.07) is 7.11. The van der Waals surface area contributed by atoms with Gasteiger partial charge in [0.2, 0.25) is 17.6 Å². The molecule has 0 bridgehead atoms. The third-order valence-electron chi connectivity index (χ3n) is 12.1. The van der Waals surface area contributed by atoms with Gasteiger partial charge in [-0.15, -0.1) is 0 Å². The Hall–Kier alpha value is -5.80. The van der Waals surface area contributed by atoms with Crippen molar-refractivity contribution in [2.75, 3.05) is 40.5 Å². The molecule has 2 aliphatic carbocycles. The number of amides is 4. The maximum absolute atomic E-state index is 13.8. The normalized spacial score (nSPS) is 20.0. The van der Waals surface area contributed by atoms with Crippen LogP contribution in [0.25, 0.3) is 11.1 Å². The van der Waals surface area contributed by atoms with E-state index >= 15 is 0 Å². The van der Waals surface area contributed by atoms with Crippen molar-refractivity contribution in [2.24, 2.45) is 5.41 Å². The summed E-state index contributed by atoms with van der Waals surface area (Å²) in [5, 5.41) is 4.83.